The molecule has 3 heteroatoms. The fourth-order valence-electron chi connectivity index (χ4n) is 2.08. The van der Waals surface area contributed by atoms with Crippen molar-refractivity contribution in [2.24, 2.45) is 0 Å². The number of aromatic hydroxyl groups is 1. The van der Waals surface area contributed by atoms with Crippen LogP contribution in [0.5, 0.6) is 11.5 Å². The Balaban J connectivity index is 2.94. The lowest BCUT2D eigenvalue weighted by Crippen LogP contribution is -1.97. The lowest BCUT2D eigenvalue weighted by molar-refractivity contribution is 0.101. The summed E-state index contributed by atoms with van der Waals surface area (Å²) >= 11 is 0. The molecule has 0 amide bonds. The maximum absolute atomic E-state index is 11.5. The monoisotopic (exact) mass is 244 g/mol. The molecule has 0 spiro atoms. The third-order valence-corrected chi connectivity index (χ3v) is 3.28. The van der Waals surface area contributed by atoms with Gasteiger partial charge in [0.2, 0.25) is 0 Å². The predicted octanol–water partition coefficient (Wildman–Crippen LogP) is 3.37. The highest BCUT2D eigenvalue weighted by Crippen LogP contribution is 2.37. The maximum Gasteiger partial charge on any atom is 0.163 e. The Hall–Kier alpha value is -2.03. The molecule has 94 valence electrons. The second kappa shape index (κ2) is 4.33. The van der Waals surface area contributed by atoms with Crippen molar-refractivity contribution in [2.75, 3.05) is 7.11 Å². The van der Waals surface area contributed by atoms with Gasteiger partial charge in [-0.3, -0.25) is 4.79 Å². The van der Waals surface area contributed by atoms with Crippen LogP contribution < -0.4 is 4.74 Å². The van der Waals surface area contributed by atoms with Gasteiger partial charge in [-0.1, -0.05) is 0 Å². The number of hydrogen-bond donors (Lipinski definition) is 1. The van der Waals surface area contributed by atoms with Crippen molar-refractivity contribution in [3.05, 3.63) is 34.9 Å². The van der Waals surface area contributed by atoms with Gasteiger partial charge in [0, 0.05) is 10.8 Å². The highest BCUT2D eigenvalue weighted by molar-refractivity contribution is 6.06. The minimum Gasteiger partial charge on any atom is -0.507 e. The van der Waals surface area contributed by atoms with Crippen molar-refractivity contribution >= 4 is 16.6 Å². The smallest absolute Gasteiger partial charge is 0.163 e. The van der Waals surface area contributed by atoms with Crippen molar-refractivity contribution in [2.45, 2.75) is 20.8 Å². The average molecular weight is 244 g/mol. The van der Waals surface area contributed by atoms with Gasteiger partial charge >= 0.3 is 0 Å². The van der Waals surface area contributed by atoms with Crippen molar-refractivity contribution < 1.29 is 14.6 Å². The van der Waals surface area contributed by atoms with E-state index in [4.69, 9.17) is 4.74 Å². The number of hydrogen-bond acceptors (Lipinski definition) is 3. The molecule has 2 aromatic rings. The van der Waals surface area contributed by atoms with Gasteiger partial charge in [0.05, 0.1) is 12.7 Å². The minimum atomic E-state index is -0.175. The SMILES string of the molecule is COc1cc(C(C)=O)c(O)c2cc(C)c(C)cc12. The van der Waals surface area contributed by atoms with E-state index < -0.39 is 0 Å². The summed E-state index contributed by atoms with van der Waals surface area (Å²) in [6, 6.07) is 5.44. The van der Waals surface area contributed by atoms with Crippen LogP contribution in [-0.4, -0.2) is 18.0 Å². The second-order valence-corrected chi connectivity index (χ2v) is 4.51. The molecular weight excluding hydrogens is 228 g/mol. The van der Waals surface area contributed by atoms with E-state index in [1.165, 1.54) is 6.92 Å². The normalized spacial score (nSPS) is 10.7. The van der Waals surface area contributed by atoms with Crippen LogP contribution in [0.1, 0.15) is 28.4 Å². The van der Waals surface area contributed by atoms with Crippen LogP contribution in [0.2, 0.25) is 0 Å². The van der Waals surface area contributed by atoms with E-state index in [1.54, 1.807) is 13.2 Å². The van der Waals surface area contributed by atoms with Crippen LogP contribution in [0.3, 0.4) is 0 Å². The molecule has 0 saturated carbocycles. The molecule has 0 saturated heterocycles. The topological polar surface area (TPSA) is 46.5 Å². The number of carbonyl (C=O) groups is 1. The zero-order valence-corrected chi connectivity index (χ0v) is 11.0. The minimum absolute atomic E-state index is 0.0291. The fraction of sp³-hybridized carbons (Fsp3) is 0.267. The fourth-order valence-corrected chi connectivity index (χ4v) is 2.08. The number of Topliss-reactive ketones (excluding diaryl/α,β-unsaturated/α-hetero) is 1. The lowest BCUT2D eigenvalue weighted by Gasteiger charge is -2.12. The standard InChI is InChI=1S/C15H16O3/c1-8-5-12-13(6-9(8)2)15(17)11(10(3)16)7-14(12)18-4/h5-7,17H,1-4H3. The van der Waals surface area contributed by atoms with Crippen molar-refractivity contribution in [1.29, 1.82) is 0 Å². The molecule has 1 N–H and O–H groups in total. The molecule has 0 atom stereocenters. The number of fused-ring (bicyclic) bond motifs is 1. The zero-order chi connectivity index (χ0) is 13.4. The zero-order valence-electron chi connectivity index (χ0n) is 11.0. The number of ketones is 1. The Bertz CT molecular complexity index is 642. The quantitative estimate of drug-likeness (QED) is 0.824. The number of methoxy groups -OCH3 is 1. The number of phenols is 1. The van der Waals surface area contributed by atoms with E-state index >= 15 is 0 Å². The summed E-state index contributed by atoms with van der Waals surface area (Å²) in [5.41, 5.74) is 2.49. The van der Waals surface area contributed by atoms with Crippen molar-refractivity contribution in [3.8, 4) is 11.5 Å². The highest BCUT2D eigenvalue weighted by Gasteiger charge is 2.15. The van der Waals surface area contributed by atoms with Gasteiger partial charge in [0.25, 0.3) is 0 Å². The Kier molecular flexibility index (Phi) is 2.99. The van der Waals surface area contributed by atoms with E-state index in [2.05, 4.69) is 0 Å². The predicted molar refractivity (Wildman–Crippen MR) is 71.6 cm³/mol. The third-order valence-electron chi connectivity index (χ3n) is 3.28. The van der Waals surface area contributed by atoms with E-state index in [0.29, 0.717) is 16.7 Å². The first kappa shape index (κ1) is 12.4. The molecule has 0 unspecified atom stereocenters. The molecule has 0 aliphatic rings. The number of aryl methyl sites for hydroxylation is 2. The van der Waals surface area contributed by atoms with E-state index in [9.17, 15) is 9.90 Å². The molecule has 0 heterocycles. The van der Waals surface area contributed by atoms with Crippen LogP contribution in [0.4, 0.5) is 0 Å². The molecular formula is C15H16O3. The van der Waals surface area contributed by atoms with Crippen LogP contribution >= 0.6 is 0 Å². The third kappa shape index (κ3) is 1.82. The summed E-state index contributed by atoms with van der Waals surface area (Å²) in [4.78, 5) is 11.5. The molecule has 0 aromatic heterocycles. The van der Waals surface area contributed by atoms with Crippen molar-refractivity contribution in [3.63, 3.8) is 0 Å². The van der Waals surface area contributed by atoms with Gasteiger partial charge < -0.3 is 9.84 Å². The number of benzene rings is 2. The molecule has 2 aromatic carbocycles. The molecule has 0 aliphatic heterocycles. The van der Waals surface area contributed by atoms with Crippen LogP contribution in [0.25, 0.3) is 10.8 Å². The highest BCUT2D eigenvalue weighted by atomic mass is 16.5. The maximum atomic E-state index is 11.5. The summed E-state index contributed by atoms with van der Waals surface area (Å²) in [6.07, 6.45) is 0. The molecule has 2 rings (SSSR count). The summed E-state index contributed by atoms with van der Waals surface area (Å²) in [5.74, 6) is 0.462. The summed E-state index contributed by atoms with van der Waals surface area (Å²) in [5, 5.41) is 11.7. The van der Waals surface area contributed by atoms with Gasteiger partial charge in [-0.2, -0.15) is 0 Å². The number of carbonyl (C=O) groups excluding carboxylic acids is 1. The first-order valence-corrected chi connectivity index (χ1v) is 5.77. The van der Waals surface area contributed by atoms with E-state index in [1.807, 2.05) is 26.0 Å². The number of phenolic OH excluding ortho intramolecular Hbond substituents is 1. The molecule has 0 radical (unpaired) electrons. The Morgan fingerprint density at radius 1 is 1.11 bits per heavy atom. The molecule has 3 nitrogen and oxygen atoms in total. The number of rotatable bonds is 2. The van der Waals surface area contributed by atoms with Crippen LogP contribution in [0.15, 0.2) is 18.2 Å². The van der Waals surface area contributed by atoms with E-state index in [0.717, 1.165) is 16.5 Å². The summed E-state index contributed by atoms with van der Waals surface area (Å²) in [6.45, 7) is 5.41. The molecule has 18 heavy (non-hydrogen) atoms. The van der Waals surface area contributed by atoms with E-state index in [-0.39, 0.29) is 11.5 Å². The Morgan fingerprint density at radius 2 is 1.67 bits per heavy atom. The average Bonchev–Trinajstić information content (AvgIpc) is 2.32. The van der Waals surface area contributed by atoms with Gasteiger partial charge in [0.15, 0.2) is 5.78 Å². The summed E-state index contributed by atoms with van der Waals surface area (Å²) in [7, 11) is 1.56. The molecule has 0 fully saturated rings. The van der Waals surface area contributed by atoms with Gasteiger partial charge in [0.1, 0.15) is 11.5 Å². The van der Waals surface area contributed by atoms with Gasteiger partial charge in [-0.15, -0.1) is 0 Å². The Morgan fingerprint density at radius 3 is 2.17 bits per heavy atom. The van der Waals surface area contributed by atoms with Crippen LogP contribution in [-0.2, 0) is 0 Å². The largest absolute Gasteiger partial charge is 0.507 e. The van der Waals surface area contributed by atoms with Crippen molar-refractivity contribution in [1.82, 2.24) is 0 Å². The van der Waals surface area contributed by atoms with Gasteiger partial charge in [-0.25, -0.2) is 0 Å². The molecule has 0 aliphatic carbocycles. The Labute approximate surface area is 106 Å². The summed E-state index contributed by atoms with van der Waals surface area (Å²) < 4.78 is 5.30. The number of ether oxygens (including phenoxy) is 1. The van der Waals surface area contributed by atoms with Gasteiger partial charge in [-0.05, 0) is 50.1 Å². The molecule has 0 bridgehead atoms. The first-order chi connectivity index (χ1) is 8.45. The lowest BCUT2D eigenvalue weighted by atomic mass is 9.97. The first-order valence-electron chi connectivity index (χ1n) is 5.77. The van der Waals surface area contributed by atoms with Crippen LogP contribution in [0, 0.1) is 13.8 Å². The second-order valence-electron chi connectivity index (χ2n) is 4.51.